The van der Waals surface area contributed by atoms with Gasteiger partial charge in [-0.15, -0.1) is 0 Å². The molecule has 1 aliphatic carbocycles. The molecule has 0 bridgehead atoms. The molecule has 3 aromatic rings. The molecule has 1 amide bonds. The maximum Gasteiger partial charge on any atom is 0.248 e. The van der Waals surface area contributed by atoms with Crippen LogP contribution in [0.25, 0.3) is 10.9 Å². The predicted octanol–water partition coefficient (Wildman–Crippen LogP) is 4.76. The quantitative estimate of drug-likeness (QED) is 0.487. The number of carbonyl (C=O) groups is 1. The van der Waals surface area contributed by atoms with Crippen molar-refractivity contribution in [1.29, 1.82) is 0 Å². The number of benzene rings is 2. The summed E-state index contributed by atoms with van der Waals surface area (Å²) in [5, 5.41) is 6.68. The molecule has 33 heavy (non-hydrogen) atoms. The van der Waals surface area contributed by atoms with E-state index in [0.29, 0.717) is 39.9 Å². The molecule has 1 saturated heterocycles. The summed E-state index contributed by atoms with van der Waals surface area (Å²) in [6, 6.07) is 8.52. The summed E-state index contributed by atoms with van der Waals surface area (Å²) in [7, 11) is 1.53. The van der Waals surface area contributed by atoms with E-state index >= 15 is 0 Å². The molecule has 2 atom stereocenters. The van der Waals surface area contributed by atoms with E-state index in [9.17, 15) is 9.18 Å². The Labute approximate surface area is 195 Å². The first-order valence-electron chi connectivity index (χ1n) is 10.8. The second-order valence-electron chi connectivity index (χ2n) is 8.28. The monoisotopic (exact) mass is 467 g/mol. The maximum atomic E-state index is 13.5. The van der Waals surface area contributed by atoms with Gasteiger partial charge in [-0.3, -0.25) is 9.69 Å². The fourth-order valence-electron chi connectivity index (χ4n) is 4.34. The standard InChI is InChI=1S/C24H23ClFN5O2/c1-33-22-12-19-16(24(28-13-27-19)29-15-4-5-18(26)17(25)10-15)11-20(22)30-23(32)3-2-7-31-8-6-14-9-21(14)31/h2-5,10-14,21H,6-9H2,1H3,(H,30,32)(H,27,28,29)/b3-2+. The summed E-state index contributed by atoms with van der Waals surface area (Å²) in [5.41, 5.74) is 1.70. The summed E-state index contributed by atoms with van der Waals surface area (Å²) >= 11 is 5.89. The van der Waals surface area contributed by atoms with Crippen LogP contribution in [-0.4, -0.2) is 47.0 Å². The highest BCUT2D eigenvalue weighted by Crippen LogP contribution is 2.44. The largest absolute Gasteiger partial charge is 0.494 e. The van der Waals surface area contributed by atoms with Gasteiger partial charge in [0.05, 0.1) is 23.3 Å². The third-order valence-electron chi connectivity index (χ3n) is 6.15. The number of hydrogen-bond donors (Lipinski definition) is 2. The van der Waals surface area contributed by atoms with Gasteiger partial charge in [0.1, 0.15) is 23.7 Å². The van der Waals surface area contributed by atoms with E-state index in [1.807, 2.05) is 6.08 Å². The third kappa shape index (κ3) is 4.62. The minimum Gasteiger partial charge on any atom is -0.494 e. The molecule has 5 rings (SSSR count). The molecule has 9 heteroatoms. The van der Waals surface area contributed by atoms with E-state index < -0.39 is 5.82 Å². The summed E-state index contributed by atoms with van der Waals surface area (Å²) < 4.78 is 19.0. The summed E-state index contributed by atoms with van der Waals surface area (Å²) in [4.78, 5) is 23.6. The molecule has 2 aliphatic rings. The first-order valence-corrected chi connectivity index (χ1v) is 11.2. The number of amides is 1. The SMILES string of the molecule is COc1cc2ncnc(Nc3ccc(F)c(Cl)c3)c2cc1NC(=O)/C=C/CN1CCC2CC21. The number of piperidine rings is 1. The third-order valence-corrected chi connectivity index (χ3v) is 6.44. The van der Waals surface area contributed by atoms with Gasteiger partial charge >= 0.3 is 0 Å². The van der Waals surface area contributed by atoms with Crippen LogP contribution < -0.4 is 15.4 Å². The Morgan fingerprint density at radius 2 is 2.21 bits per heavy atom. The number of carbonyl (C=O) groups excluding carboxylic acids is 1. The minimum absolute atomic E-state index is 0.00547. The fraction of sp³-hybridized carbons (Fsp3) is 0.292. The highest BCUT2D eigenvalue weighted by molar-refractivity contribution is 6.31. The van der Waals surface area contributed by atoms with Crippen LogP contribution in [0.15, 0.2) is 48.8 Å². The van der Waals surface area contributed by atoms with Crippen molar-refractivity contribution in [2.45, 2.75) is 18.9 Å². The number of nitrogens with one attached hydrogen (secondary N) is 2. The predicted molar refractivity (Wildman–Crippen MR) is 127 cm³/mol. The first kappa shape index (κ1) is 21.6. The number of halogens is 2. The summed E-state index contributed by atoms with van der Waals surface area (Å²) in [6.45, 7) is 1.89. The lowest BCUT2D eigenvalue weighted by atomic mass is 10.1. The van der Waals surface area contributed by atoms with Gasteiger partial charge in [0, 0.05) is 35.8 Å². The van der Waals surface area contributed by atoms with E-state index in [4.69, 9.17) is 16.3 Å². The number of likely N-dealkylation sites (tertiary alicyclic amines) is 1. The first-order chi connectivity index (χ1) is 16.0. The Bertz CT molecular complexity index is 1250. The van der Waals surface area contributed by atoms with Crippen LogP contribution >= 0.6 is 11.6 Å². The lowest BCUT2D eigenvalue weighted by molar-refractivity contribution is -0.111. The van der Waals surface area contributed by atoms with Crippen LogP contribution in [0.4, 0.5) is 21.6 Å². The van der Waals surface area contributed by atoms with E-state index in [1.165, 1.54) is 38.4 Å². The molecule has 2 N–H and O–H groups in total. The minimum atomic E-state index is -0.501. The zero-order valence-corrected chi connectivity index (χ0v) is 18.8. The van der Waals surface area contributed by atoms with Crippen LogP contribution in [0.3, 0.4) is 0 Å². The zero-order chi connectivity index (χ0) is 22.9. The molecular formula is C24H23ClFN5O2. The van der Waals surface area contributed by atoms with Gasteiger partial charge in [-0.1, -0.05) is 17.7 Å². The zero-order valence-electron chi connectivity index (χ0n) is 18.0. The van der Waals surface area contributed by atoms with Crippen molar-refractivity contribution in [2.75, 3.05) is 30.8 Å². The molecule has 2 fully saturated rings. The highest BCUT2D eigenvalue weighted by atomic mass is 35.5. The van der Waals surface area contributed by atoms with Crippen LogP contribution in [0.5, 0.6) is 5.75 Å². The van der Waals surface area contributed by atoms with Crippen LogP contribution in [0.1, 0.15) is 12.8 Å². The van der Waals surface area contributed by atoms with E-state index in [1.54, 1.807) is 24.3 Å². The van der Waals surface area contributed by atoms with Gasteiger partial charge in [-0.25, -0.2) is 14.4 Å². The molecule has 2 aromatic carbocycles. The molecule has 7 nitrogen and oxygen atoms in total. The second kappa shape index (κ2) is 8.96. The highest BCUT2D eigenvalue weighted by Gasteiger charge is 2.45. The van der Waals surface area contributed by atoms with Gasteiger partial charge in [0.15, 0.2) is 0 Å². The van der Waals surface area contributed by atoms with Gasteiger partial charge in [-0.2, -0.15) is 0 Å². The van der Waals surface area contributed by atoms with Crippen molar-refractivity contribution in [1.82, 2.24) is 14.9 Å². The molecule has 1 aromatic heterocycles. The van der Waals surface area contributed by atoms with Crippen molar-refractivity contribution in [2.24, 2.45) is 5.92 Å². The smallest absolute Gasteiger partial charge is 0.248 e. The maximum absolute atomic E-state index is 13.5. The molecular weight excluding hydrogens is 445 g/mol. The number of rotatable bonds is 7. The van der Waals surface area contributed by atoms with Crippen molar-refractivity contribution in [3.8, 4) is 5.75 Å². The average Bonchev–Trinajstić information content (AvgIpc) is 3.48. The lowest BCUT2D eigenvalue weighted by Crippen LogP contribution is -2.23. The van der Waals surface area contributed by atoms with Crippen molar-refractivity contribution in [3.63, 3.8) is 0 Å². The molecule has 0 spiro atoms. The number of aromatic nitrogens is 2. The van der Waals surface area contributed by atoms with E-state index in [2.05, 4.69) is 25.5 Å². The molecule has 2 unspecified atom stereocenters. The Morgan fingerprint density at radius 3 is 2.94 bits per heavy atom. The Balaban J connectivity index is 1.36. The van der Waals surface area contributed by atoms with Crippen molar-refractivity contribution in [3.05, 3.63) is 59.7 Å². The second-order valence-corrected chi connectivity index (χ2v) is 8.69. The van der Waals surface area contributed by atoms with E-state index in [0.717, 1.165) is 19.0 Å². The molecule has 0 radical (unpaired) electrons. The van der Waals surface area contributed by atoms with E-state index in [-0.39, 0.29) is 10.9 Å². The van der Waals surface area contributed by atoms with Crippen molar-refractivity contribution < 1.29 is 13.9 Å². The number of fused-ring (bicyclic) bond motifs is 2. The van der Waals surface area contributed by atoms with Crippen LogP contribution in [0.2, 0.25) is 5.02 Å². The summed E-state index contributed by atoms with van der Waals surface area (Å²) in [5.74, 6) is 1.10. The molecule has 1 saturated carbocycles. The van der Waals surface area contributed by atoms with Crippen LogP contribution in [-0.2, 0) is 4.79 Å². The Kier molecular flexibility index (Phi) is 5.86. The van der Waals surface area contributed by atoms with Crippen molar-refractivity contribution >= 4 is 45.6 Å². The number of ether oxygens (including phenoxy) is 1. The molecule has 1 aliphatic heterocycles. The van der Waals surface area contributed by atoms with Crippen LogP contribution in [0, 0.1) is 11.7 Å². The molecule has 170 valence electrons. The summed E-state index contributed by atoms with van der Waals surface area (Å²) in [6.07, 6.45) is 7.43. The average molecular weight is 468 g/mol. The fourth-order valence-corrected chi connectivity index (χ4v) is 4.52. The number of methoxy groups -OCH3 is 1. The lowest BCUT2D eigenvalue weighted by Gasteiger charge is -2.14. The van der Waals surface area contributed by atoms with Gasteiger partial charge in [0.25, 0.3) is 0 Å². The number of anilines is 3. The number of hydrogen-bond acceptors (Lipinski definition) is 6. The number of nitrogens with zero attached hydrogens (tertiary/aromatic N) is 3. The topological polar surface area (TPSA) is 79.4 Å². The van der Waals surface area contributed by atoms with Gasteiger partial charge < -0.3 is 15.4 Å². The molecule has 2 heterocycles. The normalized spacial score (nSPS) is 19.6. The Morgan fingerprint density at radius 1 is 1.33 bits per heavy atom. The van der Waals surface area contributed by atoms with Gasteiger partial charge in [-0.05, 0) is 49.6 Å². The Hall–Kier alpha value is -3.23. The van der Waals surface area contributed by atoms with Gasteiger partial charge in [0.2, 0.25) is 5.91 Å².